The summed E-state index contributed by atoms with van der Waals surface area (Å²) >= 11 is 0. The SMILES string of the molecule is COc1ccc(C)cc1N1CCCC(N)C1. The van der Waals surface area contributed by atoms with Gasteiger partial charge in [0, 0.05) is 19.1 Å². The van der Waals surface area contributed by atoms with Crippen molar-refractivity contribution in [1.82, 2.24) is 0 Å². The molecule has 2 N–H and O–H groups in total. The van der Waals surface area contributed by atoms with Crippen LogP contribution >= 0.6 is 0 Å². The van der Waals surface area contributed by atoms with Gasteiger partial charge in [-0.3, -0.25) is 0 Å². The van der Waals surface area contributed by atoms with E-state index in [4.69, 9.17) is 10.5 Å². The minimum Gasteiger partial charge on any atom is -0.495 e. The molecule has 0 aliphatic carbocycles. The van der Waals surface area contributed by atoms with E-state index in [1.54, 1.807) is 7.11 Å². The topological polar surface area (TPSA) is 38.5 Å². The standard InChI is InChI=1S/C13H20N2O/c1-10-5-6-13(16-2)12(8-10)15-7-3-4-11(14)9-15/h5-6,8,11H,3-4,7,9,14H2,1-2H3. The maximum Gasteiger partial charge on any atom is 0.142 e. The monoisotopic (exact) mass is 220 g/mol. The third-order valence-corrected chi connectivity index (χ3v) is 3.13. The number of rotatable bonds is 2. The van der Waals surface area contributed by atoms with Crippen molar-refractivity contribution in [3.05, 3.63) is 23.8 Å². The Labute approximate surface area is 97.2 Å². The Hall–Kier alpha value is -1.22. The van der Waals surface area contributed by atoms with Crippen LogP contribution in [0.2, 0.25) is 0 Å². The van der Waals surface area contributed by atoms with Crippen molar-refractivity contribution in [2.24, 2.45) is 5.73 Å². The molecule has 0 spiro atoms. The van der Waals surface area contributed by atoms with Crippen LogP contribution in [0, 0.1) is 6.92 Å². The lowest BCUT2D eigenvalue weighted by molar-refractivity contribution is 0.410. The van der Waals surface area contributed by atoms with Gasteiger partial charge in [0.1, 0.15) is 5.75 Å². The number of methoxy groups -OCH3 is 1. The van der Waals surface area contributed by atoms with E-state index in [0.717, 1.165) is 31.7 Å². The second-order valence-electron chi connectivity index (χ2n) is 4.52. The van der Waals surface area contributed by atoms with Crippen LogP contribution in [0.4, 0.5) is 5.69 Å². The van der Waals surface area contributed by atoms with Crippen molar-refractivity contribution in [2.75, 3.05) is 25.1 Å². The van der Waals surface area contributed by atoms with E-state index < -0.39 is 0 Å². The van der Waals surface area contributed by atoms with Gasteiger partial charge in [-0.15, -0.1) is 0 Å². The Balaban J connectivity index is 2.26. The molecule has 1 atom stereocenters. The van der Waals surface area contributed by atoms with Gasteiger partial charge in [0.25, 0.3) is 0 Å². The first kappa shape index (κ1) is 11.3. The lowest BCUT2D eigenvalue weighted by Crippen LogP contribution is -2.43. The highest BCUT2D eigenvalue weighted by Crippen LogP contribution is 2.30. The van der Waals surface area contributed by atoms with Crippen LogP contribution in [0.1, 0.15) is 18.4 Å². The molecule has 1 saturated heterocycles. The zero-order valence-electron chi connectivity index (χ0n) is 10.1. The highest BCUT2D eigenvalue weighted by Gasteiger charge is 2.19. The molecular weight excluding hydrogens is 200 g/mol. The second kappa shape index (κ2) is 4.74. The summed E-state index contributed by atoms with van der Waals surface area (Å²) in [5.41, 5.74) is 8.45. The Kier molecular flexibility index (Phi) is 3.34. The zero-order valence-corrected chi connectivity index (χ0v) is 10.1. The first-order chi connectivity index (χ1) is 7.70. The van der Waals surface area contributed by atoms with E-state index in [-0.39, 0.29) is 0 Å². The number of anilines is 1. The number of aryl methyl sites for hydroxylation is 1. The Bertz CT molecular complexity index is 365. The molecule has 1 unspecified atom stereocenters. The summed E-state index contributed by atoms with van der Waals surface area (Å²) in [5, 5.41) is 0. The Morgan fingerprint density at radius 2 is 2.25 bits per heavy atom. The molecule has 0 aromatic heterocycles. The molecular formula is C13H20N2O. The van der Waals surface area contributed by atoms with Gasteiger partial charge in [-0.1, -0.05) is 6.07 Å². The quantitative estimate of drug-likeness (QED) is 0.827. The van der Waals surface area contributed by atoms with E-state index in [2.05, 4.69) is 24.0 Å². The van der Waals surface area contributed by atoms with Crippen molar-refractivity contribution in [2.45, 2.75) is 25.8 Å². The lowest BCUT2D eigenvalue weighted by atomic mass is 10.0. The fourth-order valence-corrected chi connectivity index (χ4v) is 2.28. The highest BCUT2D eigenvalue weighted by molar-refractivity contribution is 5.60. The lowest BCUT2D eigenvalue weighted by Gasteiger charge is -2.33. The highest BCUT2D eigenvalue weighted by atomic mass is 16.5. The fourth-order valence-electron chi connectivity index (χ4n) is 2.28. The number of nitrogens with zero attached hydrogens (tertiary/aromatic N) is 1. The van der Waals surface area contributed by atoms with E-state index in [0.29, 0.717) is 6.04 Å². The summed E-state index contributed by atoms with van der Waals surface area (Å²) in [6.45, 7) is 4.11. The summed E-state index contributed by atoms with van der Waals surface area (Å²) in [5.74, 6) is 0.944. The molecule has 0 saturated carbocycles. The van der Waals surface area contributed by atoms with Crippen molar-refractivity contribution < 1.29 is 4.74 Å². The van der Waals surface area contributed by atoms with Crippen LogP contribution in [0.3, 0.4) is 0 Å². The van der Waals surface area contributed by atoms with Gasteiger partial charge in [0.2, 0.25) is 0 Å². The summed E-state index contributed by atoms with van der Waals surface area (Å²) < 4.78 is 5.41. The molecule has 0 amide bonds. The van der Waals surface area contributed by atoms with Crippen molar-refractivity contribution in [3.8, 4) is 5.75 Å². The molecule has 88 valence electrons. The average Bonchev–Trinajstić information content (AvgIpc) is 2.29. The van der Waals surface area contributed by atoms with E-state index >= 15 is 0 Å². The number of benzene rings is 1. The number of hydrogen-bond acceptors (Lipinski definition) is 3. The summed E-state index contributed by atoms with van der Waals surface area (Å²) in [4.78, 5) is 2.33. The minimum atomic E-state index is 0.291. The van der Waals surface area contributed by atoms with Crippen LogP contribution in [0.5, 0.6) is 5.75 Å². The van der Waals surface area contributed by atoms with Crippen molar-refractivity contribution in [1.29, 1.82) is 0 Å². The van der Waals surface area contributed by atoms with Crippen molar-refractivity contribution in [3.63, 3.8) is 0 Å². The normalized spacial score (nSPS) is 20.9. The molecule has 1 aliphatic heterocycles. The van der Waals surface area contributed by atoms with Crippen LogP contribution in [0.15, 0.2) is 18.2 Å². The van der Waals surface area contributed by atoms with Gasteiger partial charge in [-0.05, 0) is 37.5 Å². The molecule has 1 aromatic carbocycles. The van der Waals surface area contributed by atoms with Crippen LogP contribution in [-0.4, -0.2) is 26.2 Å². The largest absolute Gasteiger partial charge is 0.495 e. The minimum absolute atomic E-state index is 0.291. The Morgan fingerprint density at radius 1 is 1.44 bits per heavy atom. The van der Waals surface area contributed by atoms with Crippen LogP contribution in [-0.2, 0) is 0 Å². The molecule has 1 aliphatic rings. The van der Waals surface area contributed by atoms with Gasteiger partial charge < -0.3 is 15.4 Å². The molecule has 16 heavy (non-hydrogen) atoms. The number of ether oxygens (including phenoxy) is 1. The number of piperidine rings is 1. The molecule has 1 aromatic rings. The van der Waals surface area contributed by atoms with Gasteiger partial charge >= 0.3 is 0 Å². The molecule has 1 fully saturated rings. The van der Waals surface area contributed by atoms with E-state index in [1.807, 2.05) is 6.07 Å². The summed E-state index contributed by atoms with van der Waals surface area (Å²) in [6, 6.07) is 6.58. The van der Waals surface area contributed by atoms with Gasteiger partial charge in [0.05, 0.1) is 12.8 Å². The zero-order chi connectivity index (χ0) is 11.5. The van der Waals surface area contributed by atoms with Gasteiger partial charge in [-0.2, -0.15) is 0 Å². The van der Waals surface area contributed by atoms with Crippen LogP contribution in [0.25, 0.3) is 0 Å². The van der Waals surface area contributed by atoms with Crippen LogP contribution < -0.4 is 15.4 Å². The Morgan fingerprint density at radius 3 is 2.94 bits per heavy atom. The maximum absolute atomic E-state index is 6.01. The van der Waals surface area contributed by atoms with E-state index in [9.17, 15) is 0 Å². The molecule has 3 heteroatoms. The summed E-state index contributed by atoms with van der Waals surface area (Å²) in [6.07, 6.45) is 2.29. The number of nitrogens with two attached hydrogens (primary N) is 1. The molecule has 2 rings (SSSR count). The second-order valence-corrected chi connectivity index (χ2v) is 4.52. The summed E-state index contributed by atoms with van der Waals surface area (Å²) in [7, 11) is 1.72. The predicted octanol–water partition coefficient (Wildman–Crippen LogP) is 1.93. The maximum atomic E-state index is 6.01. The molecule has 1 heterocycles. The third kappa shape index (κ3) is 2.30. The third-order valence-electron chi connectivity index (χ3n) is 3.13. The van der Waals surface area contributed by atoms with Gasteiger partial charge in [0.15, 0.2) is 0 Å². The van der Waals surface area contributed by atoms with E-state index in [1.165, 1.54) is 11.3 Å². The van der Waals surface area contributed by atoms with Gasteiger partial charge in [-0.25, -0.2) is 0 Å². The first-order valence-corrected chi connectivity index (χ1v) is 5.86. The predicted molar refractivity (Wildman–Crippen MR) is 67.2 cm³/mol. The molecule has 3 nitrogen and oxygen atoms in total. The average molecular weight is 220 g/mol. The smallest absolute Gasteiger partial charge is 0.142 e. The first-order valence-electron chi connectivity index (χ1n) is 5.86. The molecule has 0 radical (unpaired) electrons. The van der Waals surface area contributed by atoms with Crippen molar-refractivity contribution >= 4 is 5.69 Å². The number of hydrogen-bond donors (Lipinski definition) is 1. The fraction of sp³-hybridized carbons (Fsp3) is 0.538. The molecule has 0 bridgehead atoms.